The second-order valence-electron chi connectivity index (χ2n) is 4.93. The summed E-state index contributed by atoms with van der Waals surface area (Å²) in [7, 11) is 0. The van der Waals surface area contributed by atoms with Crippen LogP contribution in [0.4, 0.5) is 0 Å². The number of carbonyl (C=O) groups is 2. The van der Waals surface area contributed by atoms with E-state index in [9.17, 15) is 14.7 Å². The highest BCUT2D eigenvalue weighted by Crippen LogP contribution is 2.19. The molecule has 0 aliphatic carbocycles. The van der Waals surface area contributed by atoms with Crippen LogP contribution in [0.5, 0.6) is 5.75 Å². The predicted molar refractivity (Wildman–Crippen MR) is 66.6 cm³/mol. The molecule has 18 heavy (non-hydrogen) atoms. The first-order valence-electron chi connectivity index (χ1n) is 5.55. The lowest BCUT2D eigenvalue weighted by Crippen LogP contribution is -2.44. The molecule has 3 N–H and O–H groups in total. The van der Waals surface area contributed by atoms with E-state index in [-0.39, 0.29) is 17.7 Å². The number of carboxylic acids is 1. The molecule has 1 aromatic rings. The van der Waals surface area contributed by atoms with Crippen molar-refractivity contribution in [2.45, 2.75) is 32.7 Å². The molecule has 0 radical (unpaired) electrons. The first-order valence-corrected chi connectivity index (χ1v) is 5.55. The van der Waals surface area contributed by atoms with Crippen LogP contribution in [0.3, 0.4) is 0 Å². The Bertz CT molecular complexity index is 480. The molecule has 0 unspecified atom stereocenters. The standard InChI is InChI=1S/C13H17NO4/c1-8-4-5-10(15)9(6-8)12(18)14-13(2,3)7-11(16)17/h4-6,15H,7H2,1-3H3,(H,14,18)(H,16,17). The van der Waals surface area contributed by atoms with Crippen molar-refractivity contribution in [1.82, 2.24) is 5.32 Å². The lowest BCUT2D eigenvalue weighted by atomic mass is 9.99. The summed E-state index contributed by atoms with van der Waals surface area (Å²) in [5, 5.41) is 20.9. The number of aliphatic carboxylic acids is 1. The highest BCUT2D eigenvalue weighted by molar-refractivity contribution is 5.97. The number of phenols is 1. The number of aromatic hydroxyl groups is 1. The summed E-state index contributed by atoms with van der Waals surface area (Å²) in [6, 6.07) is 4.68. The van der Waals surface area contributed by atoms with E-state index in [4.69, 9.17) is 5.11 Å². The highest BCUT2D eigenvalue weighted by Gasteiger charge is 2.25. The minimum absolute atomic E-state index is 0.121. The zero-order valence-electron chi connectivity index (χ0n) is 10.7. The van der Waals surface area contributed by atoms with Gasteiger partial charge in [0.1, 0.15) is 5.75 Å². The zero-order valence-corrected chi connectivity index (χ0v) is 10.7. The molecule has 98 valence electrons. The Morgan fingerprint density at radius 3 is 2.50 bits per heavy atom. The number of carbonyl (C=O) groups excluding carboxylic acids is 1. The summed E-state index contributed by atoms with van der Waals surface area (Å²) in [6.45, 7) is 5.04. The Hall–Kier alpha value is -2.04. The molecule has 0 saturated carbocycles. The third kappa shape index (κ3) is 3.76. The second kappa shape index (κ2) is 5.08. The largest absolute Gasteiger partial charge is 0.507 e. The van der Waals surface area contributed by atoms with Crippen LogP contribution in [0.1, 0.15) is 36.2 Å². The SMILES string of the molecule is Cc1ccc(O)c(C(=O)NC(C)(C)CC(=O)O)c1. The minimum atomic E-state index is -0.992. The molecule has 0 heterocycles. The van der Waals surface area contributed by atoms with Crippen LogP contribution in [-0.4, -0.2) is 27.6 Å². The van der Waals surface area contributed by atoms with E-state index in [1.165, 1.54) is 6.07 Å². The van der Waals surface area contributed by atoms with Crippen LogP contribution in [-0.2, 0) is 4.79 Å². The quantitative estimate of drug-likeness (QED) is 0.760. The van der Waals surface area contributed by atoms with E-state index in [0.717, 1.165) is 5.56 Å². The maximum Gasteiger partial charge on any atom is 0.305 e. The summed E-state index contributed by atoms with van der Waals surface area (Å²) >= 11 is 0. The summed E-state index contributed by atoms with van der Waals surface area (Å²) in [4.78, 5) is 22.6. The summed E-state index contributed by atoms with van der Waals surface area (Å²) in [6.07, 6.45) is -0.189. The fourth-order valence-electron chi connectivity index (χ4n) is 1.63. The number of phenolic OH excluding ortho intramolecular Hbond substituents is 1. The van der Waals surface area contributed by atoms with Crippen molar-refractivity contribution in [3.05, 3.63) is 29.3 Å². The topological polar surface area (TPSA) is 86.6 Å². The molecule has 0 saturated heterocycles. The number of aryl methyl sites for hydroxylation is 1. The van der Waals surface area contributed by atoms with Crippen LogP contribution >= 0.6 is 0 Å². The van der Waals surface area contributed by atoms with Crippen molar-refractivity contribution in [3.63, 3.8) is 0 Å². The fourth-order valence-corrected chi connectivity index (χ4v) is 1.63. The average Bonchev–Trinajstić information content (AvgIpc) is 2.18. The Morgan fingerprint density at radius 1 is 1.33 bits per heavy atom. The summed E-state index contributed by atoms with van der Waals surface area (Å²) in [5.41, 5.74) is 0.112. The van der Waals surface area contributed by atoms with Crippen LogP contribution in [0.2, 0.25) is 0 Å². The number of hydrogen-bond acceptors (Lipinski definition) is 3. The summed E-state index contributed by atoms with van der Waals surface area (Å²) < 4.78 is 0. The lowest BCUT2D eigenvalue weighted by Gasteiger charge is -2.24. The van der Waals surface area contributed by atoms with Crippen molar-refractivity contribution >= 4 is 11.9 Å². The first kappa shape index (κ1) is 14.0. The van der Waals surface area contributed by atoms with Gasteiger partial charge in [0.15, 0.2) is 0 Å². The van der Waals surface area contributed by atoms with Gasteiger partial charge in [-0.25, -0.2) is 0 Å². The Kier molecular flexibility index (Phi) is 3.96. The molecule has 0 aromatic heterocycles. The molecule has 1 amide bonds. The number of rotatable bonds is 4. The van der Waals surface area contributed by atoms with E-state index in [2.05, 4.69) is 5.32 Å². The van der Waals surface area contributed by atoms with Crippen LogP contribution in [0.15, 0.2) is 18.2 Å². The normalized spacial score (nSPS) is 11.1. The first-order chi connectivity index (χ1) is 8.21. The van der Waals surface area contributed by atoms with Gasteiger partial charge in [-0.15, -0.1) is 0 Å². The van der Waals surface area contributed by atoms with Gasteiger partial charge < -0.3 is 15.5 Å². The van der Waals surface area contributed by atoms with E-state index >= 15 is 0 Å². The smallest absolute Gasteiger partial charge is 0.305 e. The third-order valence-electron chi connectivity index (χ3n) is 2.44. The number of benzene rings is 1. The molecule has 5 heteroatoms. The number of amides is 1. The van der Waals surface area contributed by atoms with Gasteiger partial charge in [-0.1, -0.05) is 11.6 Å². The van der Waals surface area contributed by atoms with Gasteiger partial charge >= 0.3 is 5.97 Å². The Morgan fingerprint density at radius 2 is 1.94 bits per heavy atom. The Labute approximate surface area is 105 Å². The molecule has 5 nitrogen and oxygen atoms in total. The zero-order chi connectivity index (χ0) is 13.9. The van der Waals surface area contributed by atoms with Crippen LogP contribution in [0, 0.1) is 6.92 Å². The van der Waals surface area contributed by atoms with Gasteiger partial charge in [-0.3, -0.25) is 9.59 Å². The van der Waals surface area contributed by atoms with Gasteiger partial charge in [0.2, 0.25) is 0 Å². The van der Waals surface area contributed by atoms with Crippen LogP contribution < -0.4 is 5.32 Å². The molecule has 0 atom stereocenters. The molecule has 0 fully saturated rings. The molecule has 0 spiro atoms. The van der Waals surface area contributed by atoms with Gasteiger partial charge in [-0.05, 0) is 32.9 Å². The second-order valence-corrected chi connectivity index (χ2v) is 4.93. The minimum Gasteiger partial charge on any atom is -0.507 e. The molecule has 0 bridgehead atoms. The number of carboxylic acid groups (broad SMARTS) is 1. The van der Waals surface area contributed by atoms with Crippen LogP contribution in [0.25, 0.3) is 0 Å². The van der Waals surface area contributed by atoms with Crippen molar-refractivity contribution in [1.29, 1.82) is 0 Å². The number of nitrogens with one attached hydrogen (secondary N) is 1. The Balaban J connectivity index is 2.88. The lowest BCUT2D eigenvalue weighted by molar-refractivity contribution is -0.138. The van der Waals surface area contributed by atoms with Gasteiger partial charge in [0, 0.05) is 5.54 Å². The molecular formula is C13H17NO4. The van der Waals surface area contributed by atoms with Crippen molar-refractivity contribution in [3.8, 4) is 5.75 Å². The van der Waals surface area contributed by atoms with E-state index in [1.54, 1.807) is 32.9 Å². The highest BCUT2D eigenvalue weighted by atomic mass is 16.4. The molecule has 0 aliphatic heterocycles. The fraction of sp³-hybridized carbons (Fsp3) is 0.385. The maximum absolute atomic E-state index is 12.0. The van der Waals surface area contributed by atoms with Crippen molar-refractivity contribution in [2.75, 3.05) is 0 Å². The number of hydrogen-bond donors (Lipinski definition) is 3. The molecule has 1 rings (SSSR count). The third-order valence-corrected chi connectivity index (χ3v) is 2.44. The van der Waals surface area contributed by atoms with Gasteiger partial charge in [-0.2, -0.15) is 0 Å². The van der Waals surface area contributed by atoms with E-state index in [1.807, 2.05) is 0 Å². The molecule has 0 aliphatic rings. The van der Waals surface area contributed by atoms with Crippen molar-refractivity contribution in [2.24, 2.45) is 0 Å². The molecular weight excluding hydrogens is 234 g/mol. The van der Waals surface area contributed by atoms with Gasteiger partial charge in [0.05, 0.1) is 12.0 Å². The van der Waals surface area contributed by atoms with E-state index in [0.29, 0.717) is 0 Å². The van der Waals surface area contributed by atoms with Crippen molar-refractivity contribution < 1.29 is 19.8 Å². The average molecular weight is 251 g/mol. The van der Waals surface area contributed by atoms with Gasteiger partial charge in [0.25, 0.3) is 5.91 Å². The predicted octanol–water partition coefficient (Wildman–Crippen LogP) is 1.68. The maximum atomic E-state index is 12.0. The summed E-state index contributed by atoms with van der Waals surface area (Å²) in [5.74, 6) is -1.60. The molecule has 1 aromatic carbocycles. The monoisotopic (exact) mass is 251 g/mol. The van der Waals surface area contributed by atoms with E-state index < -0.39 is 17.4 Å².